The van der Waals surface area contributed by atoms with Crippen molar-refractivity contribution in [2.75, 3.05) is 18.6 Å². The highest BCUT2D eigenvalue weighted by Crippen LogP contribution is 2.19. The number of aromatic amines is 1. The van der Waals surface area contributed by atoms with Crippen LogP contribution in [0.3, 0.4) is 0 Å². The van der Waals surface area contributed by atoms with Gasteiger partial charge in [0.25, 0.3) is 0 Å². The first-order valence-corrected chi connectivity index (χ1v) is 12.2. The van der Waals surface area contributed by atoms with E-state index in [-0.39, 0.29) is 12.8 Å². The van der Waals surface area contributed by atoms with Gasteiger partial charge >= 0.3 is 5.97 Å². The summed E-state index contributed by atoms with van der Waals surface area (Å²) in [5.41, 5.74) is 12.4. The van der Waals surface area contributed by atoms with Crippen molar-refractivity contribution in [2.24, 2.45) is 11.5 Å². The van der Waals surface area contributed by atoms with E-state index in [0.29, 0.717) is 5.75 Å². The van der Waals surface area contributed by atoms with E-state index >= 15 is 0 Å². The first kappa shape index (κ1) is 27.7. The number of aromatic nitrogens is 1. The summed E-state index contributed by atoms with van der Waals surface area (Å²) in [4.78, 5) is 63.4. The van der Waals surface area contributed by atoms with Crippen LogP contribution in [-0.2, 0) is 30.4 Å². The van der Waals surface area contributed by atoms with Gasteiger partial charge in [-0.2, -0.15) is 11.8 Å². The van der Waals surface area contributed by atoms with Gasteiger partial charge in [-0.3, -0.25) is 24.0 Å². The summed E-state index contributed by atoms with van der Waals surface area (Å²) in [5, 5.41) is 17.1. The molecule has 4 amide bonds. The number of para-hydroxylation sites is 1. The van der Waals surface area contributed by atoms with E-state index in [9.17, 15) is 24.0 Å². The summed E-state index contributed by atoms with van der Waals surface area (Å²) in [6, 6.07) is 4.00. The number of hydrogen-bond acceptors (Lipinski definition) is 7. The van der Waals surface area contributed by atoms with E-state index < -0.39 is 60.7 Å². The van der Waals surface area contributed by atoms with Crippen molar-refractivity contribution < 1.29 is 29.1 Å². The van der Waals surface area contributed by atoms with Gasteiger partial charge in [-0.15, -0.1) is 0 Å². The molecule has 13 heteroatoms. The van der Waals surface area contributed by atoms with Crippen molar-refractivity contribution in [3.8, 4) is 0 Å². The number of aliphatic carboxylic acids is 1. The van der Waals surface area contributed by atoms with Crippen LogP contribution in [0.1, 0.15) is 18.4 Å². The van der Waals surface area contributed by atoms with Crippen LogP contribution in [0.15, 0.2) is 30.5 Å². The molecule has 0 aliphatic heterocycles. The molecule has 0 fully saturated rings. The van der Waals surface area contributed by atoms with Gasteiger partial charge in [-0.1, -0.05) is 18.2 Å². The summed E-state index contributed by atoms with van der Waals surface area (Å²) < 4.78 is 0. The number of hydrogen-bond donors (Lipinski definition) is 7. The number of nitrogens with two attached hydrogens (primary N) is 2. The lowest BCUT2D eigenvalue weighted by Crippen LogP contribution is -2.57. The normalized spacial score (nSPS) is 13.4. The number of carboxylic acids is 1. The Morgan fingerprint density at radius 2 is 1.74 bits per heavy atom. The van der Waals surface area contributed by atoms with Gasteiger partial charge in [0.1, 0.15) is 18.6 Å². The maximum atomic E-state index is 13.2. The second-order valence-corrected chi connectivity index (χ2v) is 8.84. The molecule has 9 N–H and O–H groups in total. The Balaban J connectivity index is 2.25. The molecular weight excluding hydrogens is 476 g/mol. The van der Waals surface area contributed by atoms with Crippen LogP contribution in [0.2, 0.25) is 0 Å². The molecule has 35 heavy (non-hydrogen) atoms. The molecule has 3 unspecified atom stereocenters. The van der Waals surface area contributed by atoms with Crippen LogP contribution in [0.25, 0.3) is 10.9 Å². The number of primary amides is 1. The number of H-pyrrole nitrogens is 1. The Hall–Kier alpha value is -3.58. The second kappa shape index (κ2) is 13.3. The number of benzene rings is 1. The highest BCUT2D eigenvalue weighted by molar-refractivity contribution is 7.98. The molecule has 0 saturated heterocycles. The molecule has 12 nitrogen and oxygen atoms in total. The number of rotatable bonds is 14. The summed E-state index contributed by atoms with van der Waals surface area (Å²) in [7, 11) is 0. The van der Waals surface area contributed by atoms with Crippen molar-refractivity contribution >= 4 is 52.3 Å². The van der Waals surface area contributed by atoms with Crippen LogP contribution in [-0.4, -0.2) is 76.4 Å². The number of carbonyl (C=O) groups is 5. The minimum absolute atomic E-state index is 0.0663. The van der Waals surface area contributed by atoms with E-state index in [4.69, 9.17) is 16.6 Å². The zero-order valence-corrected chi connectivity index (χ0v) is 20.0. The Morgan fingerprint density at radius 1 is 1.06 bits per heavy atom. The zero-order valence-electron chi connectivity index (χ0n) is 19.2. The van der Waals surface area contributed by atoms with E-state index in [1.807, 2.05) is 30.5 Å². The third-order valence-electron chi connectivity index (χ3n) is 5.15. The molecule has 0 aliphatic rings. The third-order valence-corrected chi connectivity index (χ3v) is 5.79. The fraction of sp³-hybridized carbons (Fsp3) is 0.409. The molecule has 3 atom stereocenters. The van der Waals surface area contributed by atoms with E-state index in [2.05, 4.69) is 20.9 Å². The molecule has 2 rings (SSSR count). The van der Waals surface area contributed by atoms with Crippen molar-refractivity contribution in [3.63, 3.8) is 0 Å². The molecule has 2 aromatic rings. The van der Waals surface area contributed by atoms with Crippen LogP contribution >= 0.6 is 11.8 Å². The SMILES string of the molecule is CSCCC(NC(=O)C(Cc1c[nH]c2ccccc12)NC(=O)C(N)CC(N)=O)C(=O)NCC(=O)O. The summed E-state index contributed by atoms with van der Waals surface area (Å²) in [6.07, 6.45) is 3.45. The Labute approximate surface area is 205 Å². The predicted molar refractivity (Wildman–Crippen MR) is 131 cm³/mol. The van der Waals surface area contributed by atoms with Gasteiger partial charge in [-0.05, 0) is 30.1 Å². The second-order valence-electron chi connectivity index (χ2n) is 7.86. The lowest BCUT2D eigenvalue weighted by Gasteiger charge is -2.24. The average molecular weight is 507 g/mol. The van der Waals surface area contributed by atoms with Crippen LogP contribution in [0.5, 0.6) is 0 Å². The molecule has 0 radical (unpaired) electrons. The molecule has 0 saturated carbocycles. The molecule has 0 spiro atoms. The monoisotopic (exact) mass is 506 g/mol. The first-order chi connectivity index (χ1) is 16.6. The van der Waals surface area contributed by atoms with Crippen LogP contribution in [0.4, 0.5) is 0 Å². The van der Waals surface area contributed by atoms with Gasteiger partial charge in [0.05, 0.1) is 12.5 Å². The van der Waals surface area contributed by atoms with Crippen LogP contribution in [0, 0.1) is 0 Å². The van der Waals surface area contributed by atoms with Gasteiger partial charge in [-0.25, -0.2) is 0 Å². The van der Waals surface area contributed by atoms with E-state index in [1.165, 1.54) is 11.8 Å². The summed E-state index contributed by atoms with van der Waals surface area (Å²) in [5.74, 6) is -3.53. The average Bonchev–Trinajstić information content (AvgIpc) is 3.21. The quantitative estimate of drug-likeness (QED) is 0.166. The Kier molecular flexibility index (Phi) is 10.5. The van der Waals surface area contributed by atoms with Crippen LogP contribution < -0.4 is 27.4 Å². The number of nitrogens with one attached hydrogen (secondary N) is 4. The third kappa shape index (κ3) is 8.61. The maximum absolute atomic E-state index is 13.2. The number of fused-ring (bicyclic) bond motifs is 1. The molecule has 0 aliphatic carbocycles. The highest BCUT2D eigenvalue weighted by atomic mass is 32.2. The highest BCUT2D eigenvalue weighted by Gasteiger charge is 2.29. The maximum Gasteiger partial charge on any atom is 0.322 e. The minimum atomic E-state index is -1.25. The number of carboxylic acid groups (broad SMARTS) is 1. The molecule has 1 heterocycles. The van der Waals surface area contributed by atoms with E-state index in [0.717, 1.165) is 16.5 Å². The zero-order chi connectivity index (χ0) is 26.0. The number of thioether (sulfide) groups is 1. The Morgan fingerprint density at radius 3 is 2.40 bits per heavy atom. The van der Waals surface area contributed by atoms with Gasteiger partial charge in [0.15, 0.2) is 0 Å². The van der Waals surface area contributed by atoms with Gasteiger partial charge in [0.2, 0.25) is 23.6 Å². The van der Waals surface area contributed by atoms with Gasteiger partial charge in [0, 0.05) is 23.5 Å². The lowest BCUT2D eigenvalue weighted by atomic mass is 10.0. The van der Waals surface area contributed by atoms with Crippen molar-refractivity contribution in [2.45, 2.75) is 37.4 Å². The molecular formula is C22H30N6O6S. The van der Waals surface area contributed by atoms with Crippen molar-refractivity contribution in [3.05, 3.63) is 36.0 Å². The topological polar surface area (TPSA) is 209 Å². The number of amides is 4. The molecule has 0 bridgehead atoms. The standard InChI is InChI=1S/C22H30N6O6S/c1-35-7-6-16(21(33)26-11-19(30)31)27-22(34)17(28-20(32)14(23)9-18(24)29)8-12-10-25-15-5-3-2-4-13(12)15/h2-5,10,14,16-17,25H,6-9,11,23H2,1H3,(H2,24,29)(H,26,33)(H,27,34)(H,28,32)(H,30,31). The largest absolute Gasteiger partial charge is 0.480 e. The lowest BCUT2D eigenvalue weighted by molar-refractivity contribution is -0.138. The minimum Gasteiger partial charge on any atom is -0.480 e. The molecule has 190 valence electrons. The van der Waals surface area contributed by atoms with Crippen molar-refractivity contribution in [1.82, 2.24) is 20.9 Å². The van der Waals surface area contributed by atoms with Gasteiger partial charge < -0.3 is 37.5 Å². The molecule has 1 aromatic carbocycles. The van der Waals surface area contributed by atoms with E-state index in [1.54, 1.807) is 6.20 Å². The molecule has 1 aromatic heterocycles. The predicted octanol–water partition coefficient (Wildman–Crippen LogP) is -1.16. The fourth-order valence-corrected chi connectivity index (χ4v) is 3.85. The fourth-order valence-electron chi connectivity index (χ4n) is 3.38. The summed E-state index contributed by atoms with van der Waals surface area (Å²) >= 11 is 1.45. The summed E-state index contributed by atoms with van der Waals surface area (Å²) in [6.45, 7) is -0.595. The van der Waals surface area contributed by atoms with Crippen molar-refractivity contribution in [1.29, 1.82) is 0 Å². The number of carbonyl (C=O) groups excluding carboxylic acids is 4. The smallest absolute Gasteiger partial charge is 0.322 e. The Bertz CT molecular complexity index is 1070. The first-order valence-electron chi connectivity index (χ1n) is 10.8.